The standard InChI is InChI=1S/C61H40N4O/c1-61(2)50-24-14-12-22-42(50)45-32-48-46-30-39(27-29-54(46)65(56(48)34-51(45)61)60-62-52(37-16-6-3-7-17-37)35-53(63-60)38-18-8-4-9-19-38)40-26-28-43-47-33-49-44-23-13-15-25-58(44)66-59(49)36-57(47)64(55(43)31-40)41-20-10-5-11-21-41/h3-36H,1-2H3. The first-order valence-electron chi connectivity index (χ1n) is 22.6. The van der Waals surface area contributed by atoms with Gasteiger partial charge in [0, 0.05) is 60.6 Å². The van der Waals surface area contributed by atoms with E-state index in [-0.39, 0.29) is 5.41 Å². The Morgan fingerprint density at radius 3 is 1.74 bits per heavy atom. The molecule has 0 bridgehead atoms. The highest BCUT2D eigenvalue weighted by Crippen LogP contribution is 2.51. The molecule has 0 saturated carbocycles. The molecule has 0 amide bonds. The molecule has 9 aromatic carbocycles. The molecule has 0 spiro atoms. The second kappa shape index (κ2) is 13.7. The van der Waals surface area contributed by atoms with Crippen LogP contribution in [0.4, 0.5) is 0 Å². The molecule has 1 aliphatic carbocycles. The first-order chi connectivity index (χ1) is 32.5. The lowest BCUT2D eigenvalue weighted by molar-refractivity contribution is 0.661. The highest BCUT2D eigenvalue weighted by molar-refractivity contribution is 6.18. The topological polar surface area (TPSA) is 48.8 Å². The highest BCUT2D eigenvalue weighted by Gasteiger charge is 2.36. The third-order valence-corrected chi connectivity index (χ3v) is 14.1. The van der Waals surface area contributed by atoms with Crippen LogP contribution in [0.2, 0.25) is 0 Å². The van der Waals surface area contributed by atoms with Crippen LogP contribution in [0.3, 0.4) is 0 Å². The van der Waals surface area contributed by atoms with Gasteiger partial charge in [-0.05, 0) is 94.0 Å². The summed E-state index contributed by atoms with van der Waals surface area (Å²) >= 11 is 0. The third-order valence-electron chi connectivity index (χ3n) is 14.1. The smallest absolute Gasteiger partial charge is 0.235 e. The predicted octanol–water partition coefficient (Wildman–Crippen LogP) is 15.9. The summed E-state index contributed by atoms with van der Waals surface area (Å²) in [5.74, 6) is 0.642. The van der Waals surface area contributed by atoms with Gasteiger partial charge < -0.3 is 8.98 Å². The van der Waals surface area contributed by atoms with Gasteiger partial charge in [0.1, 0.15) is 11.2 Å². The molecule has 4 aromatic heterocycles. The van der Waals surface area contributed by atoms with Crippen molar-refractivity contribution < 1.29 is 4.42 Å². The van der Waals surface area contributed by atoms with Crippen molar-refractivity contribution in [2.24, 2.45) is 0 Å². The number of furan rings is 1. The maximum absolute atomic E-state index is 6.44. The van der Waals surface area contributed by atoms with Gasteiger partial charge in [0.2, 0.25) is 5.95 Å². The summed E-state index contributed by atoms with van der Waals surface area (Å²) in [6, 6.07) is 74.1. The van der Waals surface area contributed by atoms with E-state index in [1.807, 2.05) is 24.3 Å². The molecule has 0 unspecified atom stereocenters. The van der Waals surface area contributed by atoms with Crippen LogP contribution < -0.4 is 0 Å². The first kappa shape index (κ1) is 36.9. The van der Waals surface area contributed by atoms with E-state index in [4.69, 9.17) is 14.4 Å². The molecule has 0 aliphatic heterocycles. The number of rotatable bonds is 5. The summed E-state index contributed by atoms with van der Waals surface area (Å²) in [5, 5.41) is 6.97. The molecule has 14 rings (SSSR count). The van der Waals surface area contributed by atoms with Gasteiger partial charge in [-0.1, -0.05) is 153 Å². The minimum Gasteiger partial charge on any atom is -0.456 e. The molecule has 66 heavy (non-hydrogen) atoms. The van der Waals surface area contributed by atoms with Crippen LogP contribution in [0.25, 0.3) is 122 Å². The summed E-state index contributed by atoms with van der Waals surface area (Å²) in [6.45, 7) is 4.69. The van der Waals surface area contributed by atoms with Crippen LogP contribution in [0.15, 0.2) is 211 Å². The monoisotopic (exact) mass is 844 g/mol. The van der Waals surface area contributed by atoms with Crippen LogP contribution in [0.1, 0.15) is 25.0 Å². The number of nitrogens with zero attached hydrogens (tertiary/aromatic N) is 4. The summed E-state index contributed by atoms with van der Waals surface area (Å²) in [7, 11) is 0. The molecule has 5 heteroatoms. The fraction of sp³-hybridized carbons (Fsp3) is 0.0492. The van der Waals surface area contributed by atoms with Crippen LogP contribution >= 0.6 is 0 Å². The minimum atomic E-state index is -0.184. The van der Waals surface area contributed by atoms with Crippen molar-refractivity contribution >= 4 is 65.6 Å². The number of para-hydroxylation sites is 2. The Morgan fingerprint density at radius 1 is 0.364 bits per heavy atom. The number of fused-ring (bicyclic) bond motifs is 12. The Bertz CT molecular complexity index is 4060. The normalized spacial score (nSPS) is 13.1. The fourth-order valence-electron chi connectivity index (χ4n) is 10.9. The zero-order valence-electron chi connectivity index (χ0n) is 36.3. The molecule has 0 N–H and O–H groups in total. The van der Waals surface area contributed by atoms with Crippen LogP contribution in [0, 0.1) is 0 Å². The largest absolute Gasteiger partial charge is 0.456 e. The van der Waals surface area contributed by atoms with E-state index in [0.717, 1.165) is 88.7 Å². The van der Waals surface area contributed by atoms with Crippen molar-refractivity contribution in [2.75, 3.05) is 0 Å². The summed E-state index contributed by atoms with van der Waals surface area (Å²) in [5.41, 5.74) is 18.5. The molecular formula is C61H40N4O. The lowest BCUT2D eigenvalue weighted by Gasteiger charge is -2.21. The van der Waals surface area contributed by atoms with Gasteiger partial charge in [0.25, 0.3) is 0 Å². The summed E-state index contributed by atoms with van der Waals surface area (Å²) in [6.07, 6.45) is 0. The van der Waals surface area contributed by atoms with Crippen LogP contribution in [0.5, 0.6) is 0 Å². The van der Waals surface area contributed by atoms with Crippen molar-refractivity contribution in [3.8, 4) is 56.4 Å². The lowest BCUT2D eigenvalue weighted by Crippen LogP contribution is -2.15. The van der Waals surface area contributed by atoms with E-state index in [9.17, 15) is 0 Å². The first-order valence-corrected chi connectivity index (χ1v) is 22.6. The molecule has 13 aromatic rings. The van der Waals surface area contributed by atoms with Crippen molar-refractivity contribution in [1.29, 1.82) is 0 Å². The Balaban J connectivity index is 1.03. The van der Waals surface area contributed by atoms with Gasteiger partial charge in [0.15, 0.2) is 0 Å². The Kier molecular flexibility index (Phi) is 7.68. The van der Waals surface area contributed by atoms with E-state index < -0.39 is 0 Å². The molecule has 310 valence electrons. The van der Waals surface area contributed by atoms with Crippen molar-refractivity contribution in [1.82, 2.24) is 19.1 Å². The Labute approximate surface area is 380 Å². The average molecular weight is 845 g/mol. The molecule has 1 aliphatic rings. The fourth-order valence-corrected chi connectivity index (χ4v) is 10.9. The van der Waals surface area contributed by atoms with Crippen LogP contribution in [-0.4, -0.2) is 19.1 Å². The van der Waals surface area contributed by atoms with Gasteiger partial charge in [-0.15, -0.1) is 0 Å². The number of hydrogen-bond donors (Lipinski definition) is 0. The molecule has 0 saturated heterocycles. The number of hydrogen-bond acceptors (Lipinski definition) is 3. The van der Waals surface area contributed by atoms with Crippen molar-refractivity contribution in [2.45, 2.75) is 19.3 Å². The van der Waals surface area contributed by atoms with Gasteiger partial charge in [-0.3, -0.25) is 4.57 Å². The summed E-state index contributed by atoms with van der Waals surface area (Å²) < 4.78 is 11.1. The highest BCUT2D eigenvalue weighted by atomic mass is 16.3. The SMILES string of the molecule is CC1(C)c2ccccc2-c2cc3c4cc(-c5ccc6c7cc8c(cc7n(-c7ccccc7)c6c5)oc5ccccc58)ccc4n(-c4nc(-c5ccccc5)cc(-c5ccccc5)n4)c3cc21. The van der Waals surface area contributed by atoms with E-state index >= 15 is 0 Å². The number of benzene rings is 9. The molecule has 4 heterocycles. The maximum Gasteiger partial charge on any atom is 0.235 e. The van der Waals surface area contributed by atoms with Crippen molar-refractivity contribution in [3.63, 3.8) is 0 Å². The van der Waals surface area contributed by atoms with E-state index in [2.05, 4.69) is 205 Å². The van der Waals surface area contributed by atoms with Gasteiger partial charge in [-0.2, -0.15) is 0 Å². The Morgan fingerprint density at radius 2 is 0.970 bits per heavy atom. The predicted molar refractivity (Wildman–Crippen MR) is 272 cm³/mol. The van der Waals surface area contributed by atoms with Gasteiger partial charge in [-0.25, -0.2) is 9.97 Å². The van der Waals surface area contributed by atoms with Gasteiger partial charge >= 0.3 is 0 Å². The van der Waals surface area contributed by atoms with Crippen LogP contribution in [-0.2, 0) is 5.41 Å². The molecule has 0 radical (unpaired) electrons. The van der Waals surface area contributed by atoms with Crippen molar-refractivity contribution in [3.05, 3.63) is 217 Å². The quantitative estimate of drug-likeness (QED) is 0.173. The minimum absolute atomic E-state index is 0.184. The second-order valence-electron chi connectivity index (χ2n) is 18.2. The summed E-state index contributed by atoms with van der Waals surface area (Å²) in [4.78, 5) is 10.8. The zero-order valence-corrected chi connectivity index (χ0v) is 36.3. The average Bonchev–Trinajstić information content (AvgIpc) is 4.07. The van der Waals surface area contributed by atoms with E-state index in [1.165, 1.54) is 38.4 Å². The van der Waals surface area contributed by atoms with Gasteiger partial charge in [0.05, 0.1) is 33.5 Å². The zero-order chi connectivity index (χ0) is 43.7. The molecule has 0 atom stereocenters. The third kappa shape index (κ3) is 5.34. The van der Waals surface area contributed by atoms with E-state index in [1.54, 1.807) is 0 Å². The molecular weight excluding hydrogens is 805 g/mol. The van der Waals surface area contributed by atoms with E-state index in [0.29, 0.717) is 5.95 Å². The number of aromatic nitrogens is 4. The molecule has 5 nitrogen and oxygen atoms in total. The lowest BCUT2D eigenvalue weighted by atomic mass is 9.82. The maximum atomic E-state index is 6.44. The Hall–Kier alpha value is -8.54. The second-order valence-corrected chi connectivity index (χ2v) is 18.2. The molecule has 0 fully saturated rings.